The summed E-state index contributed by atoms with van der Waals surface area (Å²) in [5.41, 5.74) is 3.39. The summed E-state index contributed by atoms with van der Waals surface area (Å²) in [6, 6.07) is 19.6. The predicted octanol–water partition coefficient (Wildman–Crippen LogP) is 6.47. The van der Waals surface area contributed by atoms with Gasteiger partial charge in [0.15, 0.2) is 0 Å². The van der Waals surface area contributed by atoms with E-state index in [0.29, 0.717) is 17.9 Å². The van der Waals surface area contributed by atoms with E-state index >= 15 is 0 Å². The van der Waals surface area contributed by atoms with Crippen LogP contribution in [0.2, 0.25) is 0 Å². The number of nitrogens with zero attached hydrogens (tertiary/aromatic N) is 2. The lowest BCUT2D eigenvalue weighted by Gasteiger charge is -2.25. The van der Waals surface area contributed by atoms with Gasteiger partial charge in [-0.2, -0.15) is 0 Å². The molecule has 3 aromatic carbocycles. The van der Waals surface area contributed by atoms with Crippen LogP contribution in [-0.2, 0) is 16.6 Å². The number of aromatic nitrogens is 1. The Hall–Kier alpha value is -2.66. The smallest absolute Gasteiger partial charge is 0.268 e. The van der Waals surface area contributed by atoms with Crippen LogP contribution in [-0.4, -0.2) is 50.4 Å². The fraction of sp³-hybridized carbons (Fsp3) is 0.276. The minimum atomic E-state index is -3.89. The minimum absolute atomic E-state index is 0.152. The van der Waals surface area contributed by atoms with E-state index < -0.39 is 10.0 Å². The van der Waals surface area contributed by atoms with Gasteiger partial charge in [-0.3, -0.25) is 9.10 Å². The van der Waals surface area contributed by atoms with Gasteiger partial charge in [-0.1, -0.05) is 57.8 Å². The second kappa shape index (κ2) is 12.7. The fourth-order valence-electron chi connectivity index (χ4n) is 4.46. The van der Waals surface area contributed by atoms with Gasteiger partial charge in [-0.05, 0) is 85.7 Å². The van der Waals surface area contributed by atoms with Crippen LogP contribution in [0.3, 0.4) is 0 Å². The number of benzene rings is 3. The number of carbonyl (C=O) groups is 1. The average Bonchev–Trinajstić information content (AvgIpc) is 3.26. The second-order valence-corrected chi connectivity index (χ2v) is 12.9. The molecular formula is C29H32Br2N4O3S. The molecule has 0 aliphatic rings. The minimum Gasteiger partial charge on any atom is -0.350 e. The standard InChI is InChI=1S/C29H32Br2N4O3S/c1-4-34(5-2)17-16-32-29(36)28-20(3)26-18-24(12-15-27(26)33-28)35(19-21-6-8-22(30)9-7-21)39(37,38)25-13-10-23(31)11-14-25/h6-15,18,33H,4-5,16-17,19H2,1-3H3,(H,32,36). The van der Waals surface area contributed by atoms with Crippen molar-refractivity contribution < 1.29 is 13.2 Å². The highest BCUT2D eigenvalue weighted by Gasteiger charge is 2.26. The van der Waals surface area contributed by atoms with Gasteiger partial charge in [0.2, 0.25) is 0 Å². The zero-order chi connectivity index (χ0) is 28.2. The molecule has 0 aliphatic carbocycles. The highest BCUT2D eigenvalue weighted by Crippen LogP contribution is 2.32. The maximum absolute atomic E-state index is 13.9. The molecule has 206 valence electrons. The van der Waals surface area contributed by atoms with Gasteiger partial charge >= 0.3 is 0 Å². The Morgan fingerprint density at radius 1 is 0.923 bits per heavy atom. The van der Waals surface area contributed by atoms with E-state index in [-0.39, 0.29) is 17.3 Å². The Bertz CT molecular complexity index is 1550. The summed E-state index contributed by atoms with van der Waals surface area (Å²) in [7, 11) is -3.89. The number of sulfonamides is 1. The van der Waals surface area contributed by atoms with Crippen molar-refractivity contribution in [2.24, 2.45) is 0 Å². The van der Waals surface area contributed by atoms with Crippen molar-refractivity contribution in [2.45, 2.75) is 32.2 Å². The molecule has 4 aromatic rings. The number of hydrogen-bond donors (Lipinski definition) is 2. The quantitative estimate of drug-likeness (QED) is 0.191. The molecule has 0 aliphatic heterocycles. The monoisotopic (exact) mass is 674 g/mol. The molecule has 2 N–H and O–H groups in total. The molecule has 10 heteroatoms. The molecule has 0 saturated heterocycles. The lowest BCUT2D eigenvalue weighted by Crippen LogP contribution is -2.35. The van der Waals surface area contributed by atoms with Crippen molar-refractivity contribution in [1.82, 2.24) is 15.2 Å². The van der Waals surface area contributed by atoms with Crippen molar-refractivity contribution in [2.75, 3.05) is 30.5 Å². The van der Waals surface area contributed by atoms with Gasteiger partial charge in [-0.25, -0.2) is 8.42 Å². The maximum atomic E-state index is 13.9. The summed E-state index contributed by atoms with van der Waals surface area (Å²) in [4.78, 5) is 18.6. The van der Waals surface area contributed by atoms with Crippen molar-refractivity contribution in [3.8, 4) is 0 Å². The summed E-state index contributed by atoms with van der Waals surface area (Å²) >= 11 is 6.83. The third-order valence-corrected chi connectivity index (χ3v) is 9.65. The molecule has 7 nitrogen and oxygen atoms in total. The van der Waals surface area contributed by atoms with Crippen molar-refractivity contribution in [3.05, 3.63) is 92.5 Å². The van der Waals surface area contributed by atoms with Crippen LogP contribution in [0.15, 0.2) is 80.6 Å². The van der Waals surface area contributed by atoms with Crippen LogP contribution in [0.25, 0.3) is 10.9 Å². The van der Waals surface area contributed by atoms with E-state index in [4.69, 9.17) is 0 Å². The first kappa shape index (κ1) is 29.3. The summed E-state index contributed by atoms with van der Waals surface area (Å²) in [6.07, 6.45) is 0. The lowest BCUT2D eigenvalue weighted by atomic mass is 10.1. The number of likely N-dealkylation sites (N-methyl/N-ethyl adjacent to an activating group) is 1. The summed E-state index contributed by atoms with van der Waals surface area (Å²) < 4.78 is 30.9. The van der Waals surface area contributed by atoms with Gasteiger partial charge in [-0.15, -0.1) is 0 Å². The number of nitrogens with one attached hydrogen (secondary N) is 2. The Labute approximate surface area is 246 Å². The molecule has 4 rings (SSSR count). The van der Waals surface area contributed by atoms with Crippen LogP contribution in [0, 0.1) is 6.92 Å². The van der Waals surface area contributed by atoms with Crippen molar-refractivity contribution in [1.29, 1.82) is 0 Å². The van der Waals surface area contributed by atoms with E-state index in [1.54, 1.807) is 30.3 Å². The van der Waals surface area contributed by atoms with E-state index in [2.05, 4.69) is 60.9 Å². The Morgan fingerprint density at radius 2 is 1.54 bits per heavy atom. The Balaban J connectivity index is 1.69. The van der Waals surface area contributed by atoms with Crippen LogP contribution in [0.5, 0.6) is 0 Å². The number of hydrogen-bond acceptors (Lipinski definition) is 4. The first-order valence-electron chi connectivity index (χ1n) is 12.8. The third kappa shape index (κ3) is 6.74. The first-order chi connectivity index (χ1) is 18.6. The fourth-order valence-corrected chi connectivity index (χ4v) is 6.43. The Morgan fingerprint density at radius 3 is 2.15 bits per heavy atom. The average molecular weight is 676 g/mol. The zero-order valence-electron chi connectivity index (χ0n) is 22.2. The molecule has 0 fully saturated rings. The van der Waals surface area contributed by atoms with E-state index in [1.807, 2.05) is 43.3 Å². The largest absolute Gasteiger partial charge is 0.350 e. The number of rotatable bonds is 11. The Kier molecular flexibility index (Phi) is 9.53. The molecule has 0 spiro atoms. The predicted molar refractivity (Wildman–Crippen MR) is 165 cm³/mol. The summed E-state index contributed by atoms with van der Waals surface area (Å²) in [6.45, 7) is 9.42. The molecule has 0 bridgehead atoms. The number of H-pyrrole nitrogens is 1. The van der Waals surface area contributed by atoms with Gasteiger partial charge < -0.3 is 15.2 Å². The lowest BCUT2D eigenvalue weighted by molar-refractivity contribution is 0.0944. The molecule has 1 aromatic heterocycles. The molecule has 0 atom stereocenters. The van der Waals surface area contributed by atoms with Crippen LogP contribution < -0.4 is 9.62 Å². The molecule has 39 heavy (non-hydrogen) atoms. The van der Waals surface area contributed by atoms with Crippen LogP contribution in [0.1, 0.15) is 35.5 Å². The number of halogens is 2. The van der Waals surface area contributed by atoms with E-state index in [1.165, 1.54) is 4.31 Å². The molecule has 1 amide bonds. The topological polar surface area (TPSA) is 85.5 Å². The zero-order valence-corrected chi connectivity index (χ0v) is 26.2. The maximum Gasteiger partial charge on any atom is 0.268 e. The molecular weight excluding hydrogens is 644 g/mol. The normalized spacial score (nSPS) is 11.7. The molecule has 1 heterocycles. The molecule has 0 saturated carbocycles. The van der Waals surface area contributed by atoms with E-state index in [0.717, 1.165) is 50.6 Å². The van der Waals surface area contributed by atoms with Crippen LogP contribution >= 0.6 is 31.9 Å². The number of carbonyl (C=O) groups excluding carboxylic acids is 1. The number of aromatic amines is 1. The number of anilines is 1. The van der Waals surface area contributed by atoms with E-state index in [9.17, 15) is 13.2 Å². The highest BCUT2D eigenvalue weighted by atomic mass is 79.9. The number of fused-ring (bicyclic) bond motifs is 1. The second-order valence-electron chi connectivity index (χ2n) is 9.23. The number of amides is 1. The van der Waals surface area contributed by atoms with Gasteiger partial charge in [0, 0.05) is 32.9 Å². The van der Waals surface area contributed by atoms with Crippen molar-refractivity contribution in [3.63, 3.8) is 0 Å². The number of aryl methyl sites for hydroxylation is 1. The first-order valence-corrected chi connectivity index (χ1v) is 15.8. The summed E-state index contributed by atoms with van der Waals surface area (Å²) in [5.74, 6) is -0.174. The SMILES string of the molecule is CCN(CC)CCNC(=O)c1[nH]c2ccc(N(Cc3ccc(Br)cc3)S(=O)(=O)c3ccc(Br)cc3)cc2c1C. The molecule has 0 unspecified atom stereocenters. The summed E-state index contributed by atoms with van der Waals surface area (Å²) in [5, 5.41) is 3.80. The van der Waals surface area contributed by atoms with Gasteiger partial charge in [0.05, 0.1) is 17.1 Å². The van der Waals surface area contributed by atoms with Gasteiger partial charge in [0.1, 0.15) is 5.69 Å². The highest BCUT2D eigenvalue weighted by molar-refractivity contribution is 9.10. The van der Waals surface area contributed by atoms with Crippen molar-refractivity contribution >= 4 is 64.4 Å². The molecule has 0 radical (unpaired) electrons. The van der Waals surface area contributed by atoms with Crippen LogP contribution in [0.4, 0.5) is 5.69 Å². The third-order valence-electron chi connectivity index (χ3n) is 6.81. The van der Waals surface area contributed by atoms with Gasteiger partial charge in [0.25, 0.3) is 15.9 Å².